The standard InChI is InChI=1S/C15H19N5O/c21-14-3-2-13(19-11-14)10-18-12-4-8-20(9-5-12)15-16-6-1-7-17-15/h1-3,6-7,11-12,18,21H,4-5,8-10H2. The van der Waals surface area contributed by atoms with E-state index in [0.717, 1.165) is 44.1 Å². The largest absolute Gasteiger partial charge is 0.506 e. The molecule has 2 aromatic heterocycles. The van der Waals surface area contributed by atoms with Gasteiger partial charge in [-0.05, 0) is 31.0 Å². The molecule has 0 unspecified atom stereocenters. The number of hydrogen-bond acceptors (Lipinski definition) is 6. The van der Waals surface area contributed by atoms with E-state index in [-0.39, 0.29) is 5.75 Å². The lowest BCUT2D eigenvalue weighted by atomic mass is 10.1. The summed E-state index contributed by atoms with van der Waals surface area (Å²) < 4.78 is 0. The molecule has 1 aliphatic rings. The summed E-state index contributed by atoms with van der Waals surface area (Å²) in [5.41, 5.74) is 0.946. The van der Waals surface area contributed by atoms with Crippen molar-refractivity contribution < 1.29 is 5.11 Å². The quantitative estimate of drug-likeness (QED) is 0.883. The fourth-order valence-corrected chi connectivity index (χ4v) is 2.51. The third kappa shape index (κ3) is 3.66. The van der Waals surface area contributed by atoms with Crippen molar-refractivity contribution in [2.75, 3.05) is 18.0 Å². The third-order valence-electron chi connectivity index (χ3n) is 3.71. The maximum Gasteiger partial charge on any atom is 0.225 e. The lowest BCUT2D eigenvalue weighted by Crippen LogP contribution is -2.42. The van der Waals surface area contributed by atoms with Crippen molar-refractivity contribution in [3.8, 4) is 5.75 Å². The molecule has 0 aromatic carbocycles. The first-order chi connectivity index (χ1) is 10.3. The molecule has 0 aliphatic carbocycles. The zero-order valence-electron chi connectivity index (χ0n) is 11.8. The second-order valence-corrected chi connectivity index (χ2v) is 5.20. The van der Waals surface area contributed by atoms with E-state index in [9.17, 15) is 5.11 Å². The molecule has 0 atom stereocenters. The molecular weight excluding hydrogens is 266 g/mol. The lowest BCUT2D eigenvalue weighted by Gasteiger charge is -2.32. The summed E-state index contributed by atoms with van der Waals surface area (Å²) in [4.78, 5) is 15.0. The summed E-state index contributed by atoms with van der Waals surface area (Å²) in [6, 6.07) is 5.83. The molecular formula is C15H19N5O. The second-order valence-electron chi connectivity index (χ2n) is 5.20. The Morgan fingerprint density at radius 1 is 1.14 bits per heavy atom. The summed E-state index contributed by atoms with van der Waals surface area (Å²) in [5.74, 6) is 1.02. The number of pyridine rings is 1. The molecule has 0 amide bonds. The molecule has 6 heteroatoms. The number of anilines is 1. The van der Waals surface area contributed by atoms with E-state index in [1.54, 1.807) is 18.5 Å². The Bertz CT molecular complexity index is 552. The highest BCUT2D eigenvalue weighted by Crippen LogP contribution is 2.15. The predicted octanol–water partition coefficient (Wildman–Crippen LogP) is 1.34. The van der Waals surface area contributed by atoms with Crippen LogP contribution in [0.4, 0.5) is 5.95 Å². The minimum atomic E-state index is 0.204. The second kappa shape index (κ2) is 6.49. The molecule has 0 spiro atoms. The normalized spacial score (nSPS) is 16.1. The topological polar surface area (TPSA) is 74.2 Å². The van der Waals surface area contributed by atoms with Crippen LogP contribution in [0.15, 0.2) is 36.8 Å². The van der Waals surface area contributed by atoms with Crippen LogP contribution < -0.4 is 10.2 Å². The van der Waals surface area contributed by atoms with Gasteiger partial charge in [-0.3, -0.25) is 4.98 Å². The van der Waals surface area contributed by atoms with Gasteiger partial charge in [0.2, 0.25) is 5.95 Å². The molecule has 0 saturated carbocycles. The van der Waals surface area contributed by atoms with E-state index in [1.807, 2.05) is 12.1 Å². The molecule has 0 bridgehead atoms. The molecule has 3 heterocycles. The van der Waals surface area contributed by atoms with Crippen molar-refractivity contribution in [1.29, 1.82) is 0 Å². The minimum absolute atomic E-state index is 0.204. The van der Waals surface area contributed by atoms with Gasteiger partial charge in [0, 0.05) is 38.1 Å². The molecule has 2 N–H and O–H groups in total. The maximum absolute atomic E-state index is 9.21. The van der Waals surface area contributed by atoms with Crippen molar-refractivity contribution in [2.45, 2.75) is 25.4 Å². The van der Waals surface area contributed by atoms with Gasteiger partial charge in [-0.15, -0.1) is 0 Å². The van der Waals surface area contributed by atoms with Crippen molar-refractivity contribution in [3.05, 3.63) is 42.5 Å². The average molecular weight is 285 g/mol. The van der Waals surface area contributed by atoms with E-state index in [4.69, 9.17) is 0 Å². The summed E-state index contributed by atoms with van der Waals surface area (Å²) in [6.07, 6.45) is 7.17. The molecule has 6 nitrogen and oxygen atoms in total. The van der Waals surface area contributed by atoms with Crippen LogP contribution in [0.1, 0.15) is 18.5 Å². The number of hydrogen-bond donors (Lipinski definition) is 2. The van der Waals surface area contributed by atoms with Crippen molar-refractivity contribution in [2.24, 2.45) is 0 Å². The first-order valence-electron chi connectivity index (χ1n) is 7.20. The van der Waals surface area contributed by atoms with Crippen molar-refractivity contribution >= 4 is 5.95 Å². The highest BCUT2D eigenvalue weighted by molar-refractivity contribution is 5.29. The van der Waals surface area contributed by atoms with Crippen LogP contribution in [-0.2, 0) is 6.54 Å². The Hall–Kier alpha value is -2.21. The molecule has 21 heavy (non-hydrogen) atoms. The summed E-state index contributed by atoms with van der Waals surface area (Å²) in [7, 11) is 0. The monoisotopic (exact) mass is 285 g/mol. The van der Waals surface area contributed by atoms with Crippen molar-refractivity contribution in [3.63, 3.8) is 0 Å². The zero-order valence-corrected chi connectivity index (χ0v) is 11.8. The van der Waals surface area contributed by atoms with Crippen LogP contribution in [0.25, 0.3) is 0 Å². The van der Waals surface area contributed by atoms with Crippen molar-refractivity contribution in [1.82, 2.24) is 20.3 Å². The van der Waals surface area contributed by atoms with Crippen LogP contribution in [0.5, 0.6) is 5.75 Å². The Balaban J connectivity index is 1.47. The summed E-state index contributed by atoms with van der Waals surface area (Å²) >= 11 is 0. The van der Waals surface area contributed by atoms with E-state index in [1.165, 1.54) is 6.20 Å². The van der Waals surface area contributed by atoms with E-state index in [2.05, 4.69) is 25.2 Å². The maximum atomic E-state index is 9.21. The number of nitrogens with zero attached hydrogens (tertiary/aromatic N) is 4. The number of aromatic hydroxyl groups is 1. The molecule has 2 aromatic rings. The molecule has 110 valence electrons. The molecule has 0 radical (unpaired) electrons. The Morgan fingerprint density at radius 2 is 1.90 bits per heavy atom. The fraction of sp³-hybridized carbons (Fsp3) is 0.400. The van der Waals surface area contributed by atoms with Crippen LogP contribution in [-0.4, -0.2) is 39.2 Å². The average Bonchev–Trinajstić information content (AvgIpc) is 2.56. The van der Waals surface area contributed by atoms with Gasteiger partial charge in [0.15, 0.2) is 0 Å². The van der Waals surface area contributed by atoms with E-state index < -0.39 is 0 Å². The number of nitrogens with one attached hydrogen (secondary N) is 1. The van der Waals surface area contributed by atoms with Gasteiger partial charge in [-0.1, -0.05) is 0 Å². The zero-order chi connectivity index (χ0) is 14.5. The lowest BCUT2D eigenvalue weighted by molar-refractivity contribution is 0.409. The number of piperidine rings is 1. The number of rotatable bonds is 4. The van der Waals surface area contributed by atoms with Gasteiger partial charge < -0.3 is 15.3 Å². The highest BCUT2D eigenvalue weighted by atomic mass is 16.3. The van der Waals surface area contributed by atoms with E-state index in [0.29, 0.717) is 6.04 Å². The Kier molecular flexibility index (Phi) is 4.25. The predicted molar refractivity (Wildman–Crippen MR) is 80.0 cm³/mol. The summed E-state index contributed by atoms with van der Waals surface area (Å²) in [5, 5.41) is 12.7. The summed E-state index contributed by atoms with van der Waals surface area (Å²) in [6.45, 7) is 2.65. The molecule has 1 aliphatic heterocycles. The van der Waals surface area contributed by atoms with Gasteiger partial charge in [0.1, 0.15) is 5.75 Å². The first kappa shape index (κ1) is 13.8. The first-order valence-corrected chi connectivity index (χ1v) is 7.20. The highest BCUT2D eigenvalue weighted by Gasteiger charge is 2.20. The fourth-order valence-electron chi connectivity index (χ4n) is 2.51. The van der Waals surface area contributed by atoms with Crippen LogP contribution in [0.3, 0.4) is 0 Å². The minimum Gasteiger partial charge on any atom is -0.506 e. The molecule has 3 rings (SSSR count). The van der Waals surface area contributed by atoms with Gasteiger partial charge in [-0.2, -0.15) is 0 Å². The van der Waals surface area contributed by atoms with Crippen LogP contribution in [0, 0.1) is 0 Å². The third-order valence-corrected chi connectivity index (χ3v) is 3.71. The van der Waals surface area contributed by atoms with E-state index >= 15 is 0 Å². The van der Waals surface area contributed by atoms with Crippen LogP contribution >= 0.6 is 0 Å². The Morgan fingerprint density at radius 3 is 2.57 bits per heavy atom. The molecule has 1 saturated heterocycles. The van der Waals surface area contributed by atoms with Gasteiger partial charge in [0.25, 0.3) is 0 Å². The Labute approximate surface area is 123 Å². The van der Waals surface area contributed by atoms with Gasteiger partial charge in [0.05, 0.1) is 11.9 Å². The smallest absolute Gasteiger partial charge is 0.225 e. The van der Waals surface area contributed by atoms with Gasteiger partial charge >= 0.3 is 0 Å². The van der Waals surface area contributed by atoms with Gasteiger partial charge in [-0.25, -0.2) is 9.97 Å². The van der Waals surface area contributed by atoms with Crippen LogP contribution in [0.2, 0.25) is 0 Å². The number of aromatic nitrogens is 3. The molecule has 1 fully saturated rings. The SMILES string of the molecule is Oc1ccc(CNC2CCN(c3ncccn3)CC2)nc1.